The minimum atomic E-state index is -0.901. The Kier molecular flexibility index (Phi) is 4.24. The van der Waals surface area contributed by atoms with Crippen molar-refractivity contribution in [3.63, 3.8) is 0 Å². The van der Waals surface area contributed by atoms with Crippen molar-refractivity contribution in [2.45, 2.75) is 44.2 Å². The van der Waals surface area contributed by atoms with Gasteiger partial charge in [-0.15, -0.1) is 0 Å². The quantitative estimate of drug-likeness (QED) is 0.627. The molecule has 2 rings (SSSR count). The molecule has 0 aromatic heterocycles. The van der Waals surface area contributed by atoms with Crippen molar-refractivity contribution in [1.82, 2.24) is 15.5 Å². The topological polar surface area (TPSA) is 98.7 Å². The maximum absolute atomic E-state index is 12.0. The zero-order valence-corrected chi connectivity index (χ0v) is 10.7. The zero-order chi connectivity index (χ0) is 13.8. The van der Waals surface area contributed by atoms with E-state index in [2.05, 4.69) is 10.6 Å². The molecule has 1 heterocycles. The number of rotatable bonds is 6. The SMILES string of the molecule is O=C(O)CCN(C(=O)NCC1CCC(=O)N1)C1CC1. The van der Waals surface area contributed by atoms with Gasteiger partial charge in [-0.1, -0.05) is 0 Å². The number of hydrogen-bond acceptors (Lipinski definition) is 3. The molecule has 1 saturated carbocycles. The molecular weight excluding hydrogens is 250 g/mol. The van der Waals surface area contributed by atoms with Crippen molar-refractivity contribution in [2.75, 3.05) is 13.1 Å². The van der Waals surface area contributed by atoms with E-state index in [0.717, 1.165) is 19.3 Å². The number of aliphatic carboxylic acids is 1. The Hall–Kier alpha value is -1.79. The third-order valence-electron chi connectivity index (χ3n) is 3.40. The van der Waals surface area contributed by atoms with Crippen molar-refractivity contribution in [1.29, 1.82) is 0 Å². The highest BCUT2D eigenvalue weighted by Crippen LogP contribution is 2.26. The number of carboxylic acid groups (broad SMARTS) is 1. The molecule has 0 spiro atoms. The van der Waals surface area contributed by atoms with Crippen LogP contribution in [0.5, 0.6) is 0 Å². The van der Waals surface area contributed by atoms with Gasteiger partial charge in [0.2, 0.25) is 5.91 Å². The molecule has 3 N–H and O–H groups in total. The molecule has 1 aliphatic carbocycles. The lowest BCUT2D eigenvalue weighted by atomic mass is 10.2. The molecule has 2 fully saturated rings. The summed E-state index contributed by atoms with van der Waals surface area (Å²) in [6.07, 6.45) is 3.08. The van der Waals surface area contributed by atoms with E-state index >= 15 is 0 Å². The fourth-order valence-electron chi connectivity index (χ4n) is 2.19. The summed E-state index contributed by atoms with van der Waals surface area (Å²) in [5.74, 6) is -0.884. The number of nitrogens with zero attached hydrogens (tertiary/aromatic N) is 1. The number of hydrogen-bond donors (Lipinski definition) is 3. The van der Waals surface area contributed by atoms with Gasteiger partial charge >= 0.3 is 12.0 Å². The Morgan fingerprint density at radius 2 is 2.11 bits per heavy atom. The maximum Gasteiger partial charge on any atom is 0.317 e. The second-order valence-electron chi connectivity index (χ2n) is 5.06. The predicted octanol–water partition coefficient (Wildman–Crippen LogP) is -0.0863. The molecule has 0 bridgehead atoms. The summed E-state index contributed by atoms with van der Waals surface area (Å²) in [7, 11) is 0. The standard InChI is InChI=1S/C12H19N3O4/c16-10-4-1-8(14-10)7-13-12(19)15(9-2-3-9)6-5-11(17)18/h8-9H,1-7H2,(H,13,19)(H,14,16)(H,17,18). The molecule has 1 saturated heterocycles. The highest BCUT2D eigenvalue weighted by molar-refractivity contribution is 5.79. The third-order valence-corrected chi connectivity index (χ3v) is 3.40. The van der Waals surface area contributed by atoms with Gasteiger partial charge in [0.05, 0.1) is 6.42 Å². The van der Waals surface area contributed by atoms with Crippen molar-refractivity contribution in [3.8, 4) is 0 Å². The van der Waals surface area contributed by atoms with Gasteiger partial charge in [0.1, 0.15) is 0 Å². The zero-order valence-electron chi connectivity index (χ0n) is 10.7. The molecule has 7 nitrogen and oxygen atoms in total. The van der Waals surface area contributed by atoms with E-state index in [1.54, 1.807) is 4.90 Å². The van der Waals surface area contributed by atoms with Crippen LogP contribution in [-0.2, 0) is 9.59 Å². The highest BCUT2D eigenvalue weighted by Gasteiger charge is 2.33. The number of urea groups is 1. The summed E-state index contributed by atoms with van der Waals surface area (Å²) in [6, 6.07) is -0.0561. The van der Waals surface area contributed by atoms with Gasteiger partial charge in [-0.2, -0.15) is 0 Å². The number of nitrogens with one attached hydrogen (secondary N) is 2. The Labute approximate surface area is 111 Å². The molecule has 1 unspecified atom stereocenters. The molecule has 7 heteroatoms. The normalized spacial score (nSPS) is 21.9. The van der Waals surface area contributed by atoms with Crippen LogP contribution in [0.2, 0.25) is 0 Å². The van der Waals surface area contributed by atoms with Crippen molar-refractivity contribution in [2.24, 2.45) is 0 Å². The minimum absolute atomic E-state index is 0.00280. The Bertz CT molecular complexity index is 381. The number of carbonyl (C=O) groups excluding carboxylic acids is 2. The maximum atomic E-state index is 12.0. The van der Waals surface area contributed by atoms with Crippen molar-refractivity contribution < 1.29 is 19.5 Å². The van der Waals surface area contributed by atoms with Crippen LogP contribution >= 0.6 is 0 Å². The third kappa shape index (κ3) is 4.11. The monoisotopic (exact) mass is 269 g/mol. The van der Waals surface area contributed by atoms with Crippen LogP contribution < -0.4 is 10.6 Å². The van der Waals surface area contributed by atoms with Gasteiger partial charge in [-0.3, -0.25) is 9.59 Å². The van der Waals surface area contributed by atoms with E-state index in [-0.39, 0.29) is 37.0 Å². The predicted molar refractivity (Wildman–Crippen MR) is 66.5 cm³/mol. The summed E-state index contributed by atoms with van der Waals surface area (Å²) in [5.41, 5.74) is 0. The van der Waals surface area contributed by atoms with Crippen LogP contribution in [0.25, 0.3) is 0 Å². The Balaban J connectivity index is 1.75. The first kappa shape index (κ1) is 13.6. The molecule has 0 aromatic carbocycles. The van der Waals surface area contributed by atoms with Gasteiger partial charge in [0.15, 0.2) is 0 Å². The lowest BCUT2D eigenvalue weighted by Crippen LogP contribution is -2.46. The number of carboxylic acids is 1. The van der Waals surface area contributed by atoms with E-state index in [1.807, 2.05) is 0 Å². The van der Waals surface area contributed by atoms with Crippen LogP contribution in [0.1, 0.15) is 32.1 Å². The molecule has 106 valence electrons. The summed E-state index contributed by atoms with van der Waals surface area (Å²) < 4.78 is 0. The van der Waals surface area contributed by atoms with Gasteiger partial charge in [-0.25, -0.2) is 4.79 Å². The molecule has 2 aliphatic rings. The summed E-state index contributed by atoms with van der Waals surface area (Å²) in [6.45, 7) is 0.643. The molecule has 3 amide bonds. The van der Waals surface area contributed by atoms with Crippen molar-refractivity contribution in [3.05, 3.63) is 0 Å². The summed E-state index contributed by atoms with van der Waals surface area (Å²) in [4.78, 5) is 35.2. The van der Waals surface area contributed by atoms with E-state index in [4.69, 9.17) is 5.11 Å². The molecule has 19 heavy (non-hydrogen) atoms. The van der Waals surface area contributed by atoms with Crippen LogP contribution in [-0.4, -0.2) is 53.1 Å². The molecular formula is C12H19N3O4. The molecule has 1 aliphatic heterocycles. The van der Waals surface area contributed by atoms with E-state index < -0.39 is 5.97 Å². The van der Waals surface area contributed by atoms with Crippen LogP contribution in [0.4, 0.5) is 4.79 Å². The van der Waals surface area contributed by atoms with E-state index in [0.29, 0.717) is 13.0 Å². The largest absolute Gasteiger partial charge is 0.481 e. The first-order valence-electron chi connectivity index (χ1n) is 6.62. The average Bonchev–Trinajstić information content (AvgIpc) is 3.09. The van der Waals surface area contributed by atoms with E-state index in [9.17, 15) is 14.4 Å². The van der Waals surface area contributed by atoms with E-state index in [1.165, 1.54) is 0 Å². The Morgan fingerprint density at radius 3 is 2.63 bits per heavy atom. The summed E-state index contributed by atoms with van der Waals surface area (Å²) >= 11 is 0. The second kappa shape index (κ2) is 5.90. The van der Waals surface area contributed by atoms with Crippen molar-refractivity contribution >= 4 is 17.9 Å². The lowest BCUT2D eigenvalue weighted by molar-refractivity contribution is -0.137. The highest BCUT2D eigenvalue weighted by atomic mass is 16.4. The molecule has 1 atom stereocenters. The van der Waals surface area contributed by atoms with Gasteiger partial charge in [0.25, 0.3) is 0 Å². The fourth-order valence-corrected chi connectivity index (χ4v) is 2.19. The minimum Gasteiger partial charge on any atom is -0.481 e. The summed E-state index contributed by atoms with van der Waals surface area (Å²) in [5, 5.41) is 14.2. The lowest BCUT2D eigenvalue weighted by Gasteiger charge is -2.23. The molecule has 0 radical (unpaired) electrons. The first-order valence-corrected chi connectivity index (χ1v) is 6.62. The Morgan fingerprint density at radius 1 is 1.37 bits per heavy atom. The average molecular weight is 269 g/mol. The van der Waals surface area contributed by atoms with Crippen LogP contribution in [0.15, 0.2) is 0 Å². The molecule has 0 aromatic rings. The fraction of sp³-hybridized carbons (Fsp3) is 0.750. The first-order chi connectivity index (χ1) is 9.06. The van der Waals surface area contributed by atoms with Crippen LogP contribution in [0.3, 0.4) is 0 Å². The van der Waals surface area contributed by atoms with Gasteiger partial charge < -0.3 is 20.6 Å². The van der Waals surface area contributed by atoms with Crippen LogP contribution in [0, 0.1) is 0 Å². The smallest absolute Gasteiger partial charge is 0.317 e. The van der Waals surface area contributed by atoms with Gasteiger partial charge in [0, 0.05) is 31.6 Å². The second-order valence-corrected chi connectivity index (χ2v) is 5.06. The number of carbonyl (C=O) groups is 3. The number of amides is 3. The van der Waals surface area contributed by atoms with Gasteiger partial charge in [-0.05, 0) is 19.3 Å².